The molecule has 3 N–H and O–H groups in total. The van der Waals surface area contributed by atoms with E-state index in [1.807, 2.05) is 30.3 Å². The molecule has 124 valence electrons. The topological polar surface area (TPSA) is 112 Å². The molecule has 0 radical (unpaired) electrons. The van der Waals surface area contributed by atoms with E-state index in [0.717, 1.165) is 12.5 Å². The lowest BCUT2D eigenvalue weighted by Crippen LogP contribution is -2.09. The van der Waals surface area contributed by atoms with Crippen LogP contribution in [0.3, 0.4) is 0 Å². The zero-order chi connectivity index (χ0) is 18.1. The summed E-state index contributed by atoms with van der Waals surface area (Å²) in [6.45, 7) is 1.08. The summed E-state index contributed by atoms with van der Waals surface area (Å²) in [5.74, 6) is -3.34. The van der Waals surface area contributed by atoms with Gasteiger partial charge in [0.1, 0.15) is 0 Å². The second kappa shape index (κ2) is 8.89. The highest BCUT2D eigenvalue weighted by Gasteiger charge is 2.18. The highest BCUT2D eigenvalue weighted by atomic mass is 16.4. The average molecular weight is 328 g/mol. The van der Waals surface area contributed by atoms with Crippen molar-refractivity contribution in [2.24, 2.45) is 0 Å². The lowest BCUT2D eigenvalue weighted by molar-refractivity contribution is -0.134. The van der Waals surface area contributed by atoms with Crippen molar-refractivity contribution in [2.45, 2.75) is 6.92 Å². The number of hydrogen-bond donors (Lipinski definition) is 3. The third kappa shape index (κ3) is 5.76. The number of carbonyl (C=O) groups is 3. The number of hydrogen-bond acceptors (Lipinski definition) is 3. The quantitative estimate of drug-likeness (QED) is 0.742. The lowest BCUT2D eigenvalue weighted by Gasteiger charge is -2.05. The monoisotopic (exact) mass is 328 g/mol. The van der Waals surface area contributed by atoms with Crippen molar-refractivity contribution < 1.29 is 29.7 Å². The number of rotatable bonds is 4. The Hall–Kier alpha value is -3.41. The Morgan fingerprint density at radius 3 is 1.88 bits per heavy atom. The number of aromatic carboxylic acids is 2. The van der Waals surface area contributed by atoms with Gasteiger partial charge in [0.15, 0.2) is 0 Å². The van der Waals surface area contributed by atoms with Crippen LogP contribution in [0.4, 0.5) is 0 Å². The van der Waals surface area contributed by atoms with E-state index >= 15 is 0 Å². The minimum Gasteiger partial charge on any atom is -0.481 e. The van der Waals surface area contributed by atoms with Crippen molar-refractivity contribution in [2.75, 3.05) is 0 Å². The number of aliphatic carboxylic acids is 1. The first-order valence-corrected chi connectivity index (χ1v) is 6.85. The van der Waals surface area contributed by atoms with Crippen LogP contribution in [0, 0.1) is 0 Å². The Balaban J connectivity index is 0.000000648. The molecule has 0 bridgehead atoms. The van der Waals surface area contributed by atoms with E-state index in [4.69, 9.17) is 15.0 Å². The van der Waals surface area contributed by atoms with Crippen LogP contribution in [-0.2, 0) is 4.79 Å². The van der Waals surface area contributed by atoms with Crippen LogP contribution in [0.2, 0.25) is 0 Å². The van der Waals surface area contributed by atoms with Crippen molar-refractivity contribution in [3.8, 4) is 0 Å². The van der Waals surface area contributed by atoms with Gasteiger partial charge in [0.2, 0.25) is 0 Å². The van der Waals surface area contributed by atoms with Gasteiger partial charge in [-0.3, -0.25) is 4.79 Å². The van der Waals surface area contributed by atoms with E-state index < -0.39 is 17.9 Å². The fourth-order valence-electron chi connectivity index (χ4n) is 1.88. The maximum Gasteiger partial charge on any atom is 0.337 e. The van der Waals surface area contributed by atoms with Crippen molar-refractivity contribution in [1.82, 2.24) is 0 Å². The fraction of sp³-hybridized carbons (Fsp3) is 0.0556. The molecule has 2 aromatic rings. The van der Waals surface area contributed by atoms with Crippen LogP contribution in [0.1, 0.15) is 38.8 Å². The predicted molar refractivity (Wildman–Crippen MR) is 89.0 cm³/mol. The van der Waals surface area contributed by atoms with Crippen molar-refractivity contribution >= 4 is 30.1 Å². The van der Waals surface area contributed by atoms with Gasteiger partial charge < -0.3 is 15.3 Å². The molecule has 2 aromatic carbocycles. The van der Waals surface area contributed by atoms with Gasteiger partial charge in [-0.05, 0) is 17.2 Å². The molecule has 0 amide bonds. The van der Waals surface area contributed by atoms with E-state index in [2.05, 4.69) is 0 Å². The lowest BCUT2D eigenvalue weighted by atomic mass is 10.00. The molecule has 0 aliphatic rings. The van der Waals surface area contributed by atoms with Crippen LogP contribution in [0.5, 0.6) is 0 Å². The van der Waals surface area contributed by atoms with Crippen LogP contribution in [0.15, 0.2) is 48.5 Å². The summed E-state index contributed by atoms with van der Waals surface area (Å²) in [6, 6.07) is 13.7. The van der Waals surface area contributed by atoms with Crippen LogP contribution < -0.4 is 0 Å². The van der Waals surface area contributed by atoms with Crippen LogP contribution in [-0.4, -0.2) is 33.2 Å². The molecule has 0 heterocycles. The summed E-state index contributed by atoms with van der Waals surface area (Å²) in [5, 5.41) is 25.6. The minimum atomic E-state index is -1.25. The van der Waals surface area contributed by atoms with Gasteiger partial charge in [-0.1, -0.05) is 54.6 Å². The molecule has 2 rings (SSSR count). The second-order valence-corrected chi connectivity index (χ2v) is 4.64. The largest absolute Gasteiger partial charge is 0.481 e. The molecule has 0 saturated heterocycles. The first-order chi connectivity index (χ1) is 11.3. The van der Waals surface area contributed by atoms with Crippen LogP contribution in [0.25, 0.3) is 12.2 Å². The molecule has 6 nitrogen and oxygen atoms in total. The summed E-state index contributed by atoms with van der Waals surface area (Å²) < 4.78 is 0. The van der Waals surface area contributed by atoms with Gasteiger partial charge in [0.05, 0.1) is 11.1 Å². The van der Waals surface area contributed by atoms with Crippen molar-refractivity contribution in [3.63, 3.8) is 0 Å². The van der Waals surface area contributed by atoms with Gasteiger partial charge >= 0.3 is 11.9 Å². The highest BCUT2D eigenvalue weighted by Crippen LogP contribution is 2.18. The predicted octanol–water partition coefficient (Wildman–Crippen LogP) is 3.34. The molecular weight excluding hydrogens is 312 g/mol. The van der Waals surface area contributed by atoms with E-state index in [0.29, 0.717) is 5.56 Å². The first kappa shape index (κ1) is 18.6. The van der Waals surface area contributed by atoms with E-state index in [-0.39, 0.29) is 11.1 Å². The summed E-state index contributed by atoms with van der Waals surface area (Å²) >= 11 is 0. The molecule has 0 aliphatic carbocycles. The normalized spacial score (nSPS) is 9.88. The third-order valence-electron chi connectivity index (χ3n) is 2.80. The first-order valence-electron chi connectivity index (χ1n) is 6.85. The summed E-state index contributed by atoms with van der Waals surface area (Å²) in [5.41, 5.74) is 0.853. The Morgan fingerprint density at radius 1 is 0.792 bits per heavy atom. The zero-order valence-electron chi connectivity index (χ0n) is 12.8. The summed E-state index contributed by atoms with van der Waals surface area (Å²) in [7, 11) is 0. The zero-order valence-corrected chi connectivity index (χ0v) is 12.8. The molecule has 0 aliphatic heterocycles. The molecule has 6 heteroatoms. The molecule has 0 unspecified atom stereocenters. The molecule has 0 fully saturated rings. The molecule has 0 aromatic heterocycles. The van der Waals surface area contributed by atoms with E-state index in [1.165, 1.54) is 12.1 Å². The molecule has 0 spiro atoms. The standard InChI is InChI=1S/C16H12O4.C2H4O2/c17-15(18)13-8-4-7-12(14(13)16(19)20)10-9-11-5-2-1-3-6-11;1-2(3)4/h1-10H,(H,17,18)(H,19,20);1H3,(H,3,4). The Kier molecular flexibility index (Phi) is 6.91. The highest BCUT2D eigenvalue weighted by molar-refractivity contribution is 6.04. The van der Waals surface area contributed by atoms with Gasteiger partial charge in [-0.2, -0.15) is 0 Å². The maximum absolute atomic E-state index is 11.3. The maximum atomic E-state index is 11.3. The van der Waals surface area contributed by atoms with Gasteiger partial charge in [0.25, 0.3) is 5.97 Å². The summed E-state index contributed by atoms with van der Waals surface area (Å²) in [4.78, 5) is 31.3. The van der Waals surface area contributed by atoms with E-state index in [1.54, 1.807) is 18.2 Å². The summed E-state index contributed by atoms with van der Waals surface area (Å²) in [6.07, 6.45) is 3.35. The Bertz CT molecular complexity index is 758. The Labute approximate surface area is 138 Å². The van der Waals surface area contributed by atoms with Crippen molar-refractivity contribution in [3.05, 3.63) is 70.8 Å². The minimum absolute atomic E-state index is 0.202. The molecular formula is C18H16O6. The van der Waals surface area contributed by atoms with Crippen LogP contribution >= 0.6 is 0 Å². The molecule has 24 heavy (non-hydrogen) atoms. The molecule has 0 atom stereocenters. The van der Waals surface area contributed by atoms with E-state index in [9.17, 15) is 14.7 Å². The SMILES string of the molecule is CC(=O)O.O=C(O)c1cccc(C=Cc2ccccc2)c1C(=O)O. The Morgan fingerprint density at radius 2 is 1.38 bits per heavy atom. The second-order valence-electron chi connectivity index (χ2n) is 4.64. The van der Waals surface area contributed by atoms with Crippen molar-refractivity contribution in [1.29, 1.82) is 0 Å². The number of carboxylic acids is 3. The number of carboxylic acid groups (broad SMARTS) is 3. The van der Waals surface area contributed by atoms with Gasteiger partial charge in [-0.25, -0.2) is 9.59 Å². The van der Waals surface area contributed by atoms with Gasteiger partial charge in [-0.15, -0.1) is 0 Å². The van der Waals surface area contributed by atoms with Gasteiger partial charge in [0, 0.05) is 6.92 Å². The average Bonchev–Trinajstić information content (AvgIpc) is 2.52. The third-order valence-corrected chi connectivity index (χ3v) is 2.80. The molecule has 0 saturated carbocycles. The smallest absolute Gasteiger partial charge is 0.337 e. The fourth-order valence-corrected chi connectivity index (χ4v) is 1.88. The number of benzene rings is 2.